The third-order valence-electron chi connectivity index (χ3n) is 3.14. The monoisotopic (exact) mass is 301 g/mol. The maximum Gasteiger partial charge on any atom is 0.269 e. The molecule has 0 amide bonds. The molecule has 4 N–H and O–H groups in total. The van der Waals surface area contributed by atoms with Crippen LogP contribution in [0.3, 0.4) is 0 Å². The SMILES string of the molecule is O=[N+]([O-])c1ccc(O[C@@H]2[C@@H](O)[C@H]([C@H](O)CO)O[C@H]2O)cc1. The van der Waals surface area contributed by atoms with Crippen molar-refractivity contribution < 1.29 is 34.8 Å². The fourth-order valence-corrected chi connectivity index (χ4v) is 2.03. The summed E-state index contributed by atoms with van der Waals surface area (Å²) in [6, 6.07) is 5.05. The number of benzene rings is 1. The van der Waals surface area contributed by atoms with E-state index in [1.165, 1.54) is 24.3 Å². The average Bonchev–Trinajstić information content (AvgIpc) is 2.75. The van der Waals surface area contributed by atoms with E-state index in [1.807, 2.05) is 0 Å². The van der Waals surface area contributed by atoms with E-state index in [2.05, 4.69) is 0 Å². The molecule has 1 heterocycles. The van der Waals surface area contributed by atoms with Gasteiger partial charge in [-0.15, -0.1) is 0 Å². The molecule has 21 heavy (non-hydrogen) atoms. The first-order chi connectivity index (χ1) is 9.93. The molecule has 0 unspecified atom stereocenters. The number of hydrogen-bond acceptors (Lipinski definition) is 8. The van der Waals surface area contributed by atoms with E-state index < -0.39 is 42.2 Å². The van der Waals surface area contributed by atoms with Gasteiger partial charge in [0.1, 0.15) is 24.1 Å². The van der Waals surface area contributed by atoms with E-state index in [0.29, 0.717) is 0 Å². The first-order valence-corrected chi connectivity index (χ1v) is 6.15. The number of nitro groups is 1. The molecule has 0 radical (unpaired) electrons. The number of aliphatic hydroxyl groups excluding tert-OH is 4. The molecule has 116 valence electrons. The third-order valence-corrected chi connectivity index (χ3v) is 3.14. The van der Waals surface area contributed by atoms with Crippen LogP contribution in [0.1, 0.15) is 0 Å². The lowest BCUT2D eigenvalue weighted by molar-refractivity contribution is -0.384. The van der Waals surface area contributed by atoms with Gasteiger partial charge in [0.15, 0.2) is 12.4 Å². The molecule has 0 aliphatic carbocycles. The Hall–Kier alpha value is -1.78. The summed E-state index contributed by atoms with van der Waals surface area (Å²) in [5.41, 5.74) is -0.125. The van der Waals surface area contributed by atoms with Gasteiger partial charge in [0.05, 0.1) is 11.5 Å². The quantitative estimate of drug-likeness (QED) is 0.391. The molecule has 0 saturated carbocycles. The van der Waals surface area contributed by atoms with Gasteiger partial charge in [-0.05, 0) is 12.1 Å². The van der Waals surface area contributed by atoms with Gasteiger partial charge in [0.2, 0.25) is 0 Å². The molecular formula is C12H15NO8. The summed E-state index contributed by atoms with van der Waals surface area (Å²) in [5, 5.41) is 48.4. The van der Waals surface area contributed by atoms with Gasteiger partial charge < -0.3 is 29.9 Å². The Labute approximate surface area is 119 Å². The topological polar surface area (TPSA) is 143 Å². The minimum atomic E-state index is -1.50. The van der Waals surface area contributed by atoms with Gasteiger partial charge in [0.25, 0.3) is 5.69 Å². The van der Waals surface area contributed by atoms with Crippen LogP contribution in [0.2, 0.25) is 0 Å². The van der Waals surface area contributed by atoms with Crippen LogP contribution in [0.25, 0.3) is 0 Å². The Morgan fingerprint density at radius 3 is 2.48 bits per heavy atom. The van der Waals surface area contributed by atoms with Crippen molar-refractivity contribution in [3.05, 3.63) is 34.4 Å². The number of nitrogens with zero attached hydrogens (tertiary/aromatic N) is 1. The zero-order valence-corrected chi connectivity index (χ0v) is 10.8. The number of nitro benzene ring substituents is 1. The second-order valence-corrected chi connectivity index (χ2v) is 4.57. The van der Waals surface area contributed by atoms with Crippen molar-refractivity contribution in [1.29, 1.82) is 0 Å². The minimum Gasteiger partial charge on any atom is -0.482 e. The summed E-state index contributed by atoms with van der Waals surface area (Å²) < 4.78 is 10.3. The lowest BCUT2D eigenvalue weighted by Crippen LogP contribution is -2.42. The second-order valence-electron chi connectivity index (χ2n) is 4.57. The molecular weight excluding hydrogens is 286 g/mol. The highest BCUT2D eigenvalue weighted by Gasteiger charge is 2.47. The third kappa shape index (κ3) is 3.28. The molecule has 1 fully saturated rings. The molecule has 0 spiro atoms. The number of hydrogen-bond donors (Lipinski definition) is 4. The van der Waals surface area contributed by atoms with Gasteiger partial charge in [0, 0.05) is 12.1 Å². The van der Waals surface area contributed by atoms with Crippen molar-refractivity contribution in [2.75, 3.05) is 6.61 Å². The Morgan fingerprint density at radius 2 is 1.95 bits per heavy atom. The largest absolute Gasteiger partial charge is 0.482 e. The van der Waals surface area contributed by atoms with Gasteiger partial charge >= 0.3 is 0 Å². The van der Waals surface area contributed by atoms with Crippen molar-refractivity contribution in [1.82, 2.24) is 0 Å². The maximum atomic E-state index is 10.5. The van der Waals surface area contributed by atoms with Gasteiger partial charge in [-0.2, -0.15) is 0 Å². The van der Waals surface area contributed by atoms with E-state index >= 15 is 0 Å². The standard InChI is InChI=1S/C12H15NO8/c14-5-8(15)10-9(16)11(12(17)21-10)20-7-3-1-6(2-4-7)13(18)19/h1-4,8-12,14-17H,5H2/t8-,9+,10+,11-,12-/m1/s1. The highest BCUT2D eigenvalue weighted by atomic mass is 16.7. The van der Waals surface area contributed by atoms with Gasteiger partial charge in [-0.1, -0.05) is 0 Å². The maximum absolute atomic E-state index is 10.5. The van der Waals surface area contributed by atoms with Crippen LogP contribution in [-0.4, -0.2) is 62.7 Å². The van der Waals surface area contributed by atoms with Crippen molar-refractivity contribution >= 4 is 5.69 Å². The van der Waals surface area contributed by atoms with Crippen LogP contribution < -0.4 is 4.74 Å². The van der Waals surface area contributed by atoms with E-state index in [-0.39, 0.29) is 11.4 Å². The van der Waals surface area contributed by atoms with Gasteiger partial charge in [-0.3, -0.25) is 10.1 Å². The second kappa shape index (κ2) is 6.33. The molecule has 1 aliphatic heterocycles. The molecule has 1 aromatic carbocycles. The predicted molar refractivity (Wildman–Crippen MR) is 67.5 cm³/mol. The number of non-ortho nitro benzene ring substituents is 1. The van der Waals surface area contributed by atoms with Crippen LogP contribution >= 0.6 is 0 Å². The Kier molecular flexibility index (Phi) is 4.70. The van der Waals surface area contributed by atoms with Crippen LogP contribution in [0.15, 0.2) is 24.3 Å². The van der Waals surface area contributed by atoms with E-state index in [9.17, 15) is 25.4 Å². The lowest BCUT2D eigenvalue weighted by atomic mass is 10.1. The summed E-state index contributed by atoms with van der Waals surface area (Å²) in [5.74, 6) is 0.187. The Bertz CT molecular complexity index is 493. The minimum absolute atomic E-state index is 0.125. The van der Waals surface area contributed by atoms with Crippen LogP contribution in [0.5, 0.6) is 5.75 Å². The fourth-order valence-electron chi connectivity index (χ4n) is 2.03. The summed E-state index contributed by atoms with van der Waals surface area (Å²) in [6.45, 7) is -0.640. The molecule has 9 heteroatoms. The van der Waals surface area contributed by atoms with Crippen LogP contribution in [0.4, 0.5) is 5.69 Å². The molecule has 0 bridgehead atoms. The van der Waals surface area contributed by atoms with Crippen molar-refractivity contribution in [3.63, 3.8) is 0 Å². The van der Waals surface area contributed by atoms with E-state index in [0.717, 1.165) is 0 Å². The molecule has 9 nitrogen and oxygen atoms in total. The molecule has 1 aromatic rings. The fraction of sp³-hybridized carbons (Fsp3) is 0.500. The number of rotatable bonds is 5. The zero-order chi connectivity index (χ0) is 15.6. The zero-order valence-electron chi connectivity index (χ0n) is 10.8. The first kappa shape index (κ1) is 15.6. The number of aliphatic hydroxyl groups is 4. The van der Waals surface area contributed by atoms with Crippen molar-refractivity contribution in [2.45, 2.75) is 30.7 Å². The highest BCUT2D eigenvalue weighted by Crippen LogP contribution is 2.27. The molecule has 2 rings (SSSR count). The predicted octanol–water partition coefficient (Wildman–Crippen LogP) is -1.23. The molecule has 0 aromatic heterocycles. The molecule has 1 saturated heterocycles. The summed E-state index contributed by atoms with van der Waals surface area (Å²) in [7, 11) is 0. The summed E-state index contributed by atoms with van der Waals surface area (Å²) in [4.78, 5) is 9.96. The first-order valence-electron chi connectivity index (χ1n) is 6.15. The van der Waals surface area contributed by atoms with Crippen molar-refractivity contribution in [2.24, 2.45) is 0 Å². The van der Waals surface area contributed by atoms with Crippen LogP contribution in [0, 0.1) is 10.1 Å². The number of ether oxygens (including phenoxy) is 2. The van der Waals surface area contributed by atoms with E-state index in [1.54, 1.807) is 0 Å². The lowest BCUT2D eigenvalue weighted by Gasteiger charge is -2.21. The smallest absolute Gasteiger partial charge is 0.269 e. The van der Waals surface area contributed by atoms with E-state index in [4.69, 9.17) is 14.6 Å². The normalized spacial score (nSPS) is 30.1. The van der Waals surface area contributed by atoms with Crippen LogP contribution in [-0.2, 0) is 4.74 Å². The average molecular weight is 301 g/mol. The Morgan fingerprint density at radius 1 is 1.33 bits per heavy atom. The summed E-state index contributed by atoms with van der Waals surface area (Å²) in [6.07, 6.45) is -6.59. The molecule has 1 aliphatic rings. The highest BCUT2D eigenvalue weighted by molar-refractivity contribution is 5.36. The molecule has 5 atom stereocenters. The summed E-state index contributed by atoms with van der Waals surface area (Å²) >= 11 is 0. The van der Waals surface area contributed by atoms with Crippen molar-refractivity contribution in [3.8, 4) is 5.75 Å². The Balaban J connectivity index is 2.06. The van der Waals surface area contributed by atoms with Gasteiger partial charge in [-0.25, -0.2) is 0 Å².